The summed E-state index contributed by atoms with van der Waals surface area (Å²) in [6, 6.07) is 7.46. The lowest BCUT2D eigenvalue weighted by Gasteiger charge is -2.30. The van der Waals surface area contributed by atoms with Crippen molar-refractivity contribution in [2.24, 2.45) is 5.73 Å². The average Bonchev–Trinajstić information content (AvgIpc) is 2.84. The van der Waals surface area contributed by atoms with E-state index < -0.39 is 0 Å². The smallest absolute Gasteiger partial charge is 0.0371 e. The van der Waals surface area contributed by atoms with E-state index in [1.54, 1.807) is 0 Å². The van der Waals surface area contributed by atoms with Crippen molar-refractivity contribution in [2.75, 3.05) is 11.4 Å². The van der Waals surface area contributed by atoms with Crippen LogP contribution in [0.1, 0.15) is 43.7 Å². The maximum absolute atomic E-state index is 5.72. The van der Waals surface area contributed by atoms with Gasteiger partial charge in [0.1, 0.15) is 0 Å². The van der Waals surface area contributed by atoms with Gasteiger partial charge in [0, 0.05) is 24.8 Å². The molecular weight excluding hydrogens is 208 g/mol. The van der Waals surface area contributed by atoms with Crippen molar-refractivity contribution in [1.29, 1.82) is 0 Å². The van der Waals surface area contributed by atoms with E-state index in [0.29, 0.717) is 6.54 Å². The number of aryl methyl sites for hydroxylation is 1. The maximum Gasteiger partial charge on any atom is 0.0371 e. The van der Waals surface area contributed by atoms with Gasteiger partial charge in [-0.25, -0.2) is 0 Å². The normalized spacial score (nSPS) is 16.4. The quantitative estimate of drug-likeness (QED) is 0.863. The molecule has 94 valence electrons. The van der Waals surface area contributed by atoms with Crippen molar-refractivity contribution in [3.05, 3.63) is 29.3 Å². The molecule has 17 heavy (non-hydrogen) atoms. The molecule has 0 aromatic heterocycles. The van der Waals surface area contributed by atoms with Crippen LogP contribution in [0.4, 0.5) is 5.69 Å². The van der Waals surface area contributed by atoms with Crippen LogP contribution in [0, 0.1) is 6.92 Å². The van der Waals surface area contributed by atoms with Gasteiger partial charge in [0.15, 0.2) is 0 Å². The summed E-state index contributed by atoms with van der Waals surface area (Å²) >= 11 is 0. The van der Waals surface area contributed by atoms with Gasteiger partial charge in [-0.1, -0.05) is 18.9 Å². The van der Waals surface area contributed by atoms with E-state index in [9.17, 15) is 0 Å². The number of anilines is 1. The number of hydrogen-bond donors (Lipinski definition) is 1. The van der Waals surface area contributed by atoms with E-state index in [1.807, 2.05) is 0 Å². The highest BCUT2D eigenvalue weighted by Gasteiger charge is 2.21. The first-order valence-electron chi connectivity index (χ1n) is 6.82. The molecule has 0 amide bonds. The van der Waals surface area contributed by atoms with Crippen LogP contribution in [-0.2, 0) is 6.54 Å². The van der Waals surface area contributed by atoms with Crippen molar-refractivity contribution in [3.8, 4) is 0 Å². The van der Waals surface area contributed by atoms with Gasteiger partial charge in [-0.2, -0.15) is 0 Å². The van der Waals surface area contributed by atoms with Gasteiger partial charge in [-0.05, 0) is 49.9 Å². The topological polar surface area (TPSA) is 29.3 Å². The molecule has 1 saturated carbocycles. The van der Waals surface area contributed by atoms with Crippen LogP contribution in [0.25, 0.3) is 0 Å². The van der Waals surface area contributed by atoms with E-state index in [0.717, 1.165) is 12.6 Å². The van der Waals surface area contributed by atoms with Gasteiger partial charge < -0.3 is 10.6 Å². The second kappa shape index (κ2) is 5.54. The van der Waals surface area contributed by atoms with Crippen molar-refractivity contribution >= 4 is 5.69 Å². The number of benzene rings is 1. The molecule has 1 fully saturated rings. The Hall–Kier alpha value is -1.02. The van der Waals surface area contributed by atoms with Crippen LogP contribution in [0.5, 0.6) is 0 Å². The summed E-state index contributed by atoms with van der Waals surface area (Å²) in [6.07, 6.45) is 5.49. The zero-order chi connectivity index (χ0) is 12.3. The van der Waals surface area contributed by atoms with E-state index in [1.165, 1.54) is 42.5 Å². The summed E-state index contributed by atoms with van der Waals surface area (Å²) in [5, 5.41) is 0. The molecule has 1 aromatic carbocycles. The second-order valence-electron chi connectivity index (χ2n) is 5.04. The molecule has 1 aromatic rings. The summed E-state index contributed by atoms with van der Waals surface area (Å²) < 4.78 is 0. The third kappa shape index (κ3) is 2.63. The number of nitrogens with zero attached hydrogens (tertiary/aromatic N) is 1. The van der Waals surface area contributed by atoms with Crippen LogP contribution >= 0.6 is 0 Å². The lowest BCUT2D eigenvalue weighted by Crippen LogP contribution is -2.33. The van der Waals surface area contributed by atoms with E-state index in [-0.39, 0.29) is 0 Å². The Morgan fingerprint density at radius 2 is 2.00 bits per heavy atom. The first-order chi connectivity index (χ1) is 8.26. The van der Waals surface area contributed by atoms with Gasteiger partial charge in [0.25, 0.3) is 0 Å². The van der Waals surface area contributed by atoms with Crippen LogP contribution in [0.3, 0.4) is 0 Å². The Bertz CT molecular complexity index is 367. The highest BCUT2D eigenvalue weighted by atomic mass is 15.2. The second-order valence-corrected chi connectivity index (χ2v) is 5.04. The number of nitrogens with two attached hydrogens (primary N) is 1. The molecule has 0 atom stereocenters. The first kappa shape index (κ1) is 12.4. The number of rotatable bonds is 4. The molecule has 2 N–H and O–H groups in total. The zero-order valence-corrected chi connectivity index (χ0v) is 11.1. The maximum atomic E-state index is 5.72. The predicted octanol–water partition coefficient (Wildman–Crippen LogP) is 3.22. The van der Waals surface area contributed by atoms with Crippen LogP contribution < -0.4 is 10.6 Å². The van der Waals surface area contributed by atoms with E-state index in [2.05, 4.69) is 36.9 Å². The Labute approximate surface area is 105 Å². The predicted molar refractivity (Wildman–Crippen MR) is 74.3 cm³/mol. The minimum atomic E-state index is 0.641. The number of hydrogen-bond acceptors (Lipinski definition) is 2. The minimum Gasteiger partial charge on any atom is -0.369 e. The molecule has 2 rings (SSSR count). The fourth-order valence-electron chi connectivity index (χ4n) is 2.96. The third-order valence-corrected chi connectivity index (χ3v) is 3.98. The van der Waals surface area contributed by atoms with E-state index >= 15 is 0 Å². The molecule has 0 heterocycles. The standard InChI is InChI=1S/C15H24N2/c1-3-17(14-6-4-5-7-14)15-9-8-13(11-16)12(2)10-15/h8-10,14H,3-7,11,16H2,1-2H3. The average molecular weight is 232 g/mol. The first-order valence-corrected chi connectivity index (χ1v) is 6.82. The van der Waals surface area contributed by atoms with Gasteiger partial charge in [-0.15, -0.1) is 0 Å². The fraction of sp³-hybridized carbons (Fsp3) is 0.600. The van der Waals surface area contributed by atoms with Crippen molar-refractivity contribution in [1.82, 2.24) is 0 Å². The molecule has 1 aliphatic carbocycles. The molecule has 0 bridgehead atoms. The highest BCUT2D eigenvalue weighted by molar-refractivity contribution is 5.51. The zero-order valence-electron chi connectivity index (χ0n) is 11.1. The summed E-state index contributed by atoms with van der Waals surface area (Å²) in [5.41, 5.74) is 9.67. The molecule has 0 aliphatic heterocycles. The molecule has 0 radical (unpaired) electrons. The molecule has 0 spiro atoms. The Balaban J connectivity index is 2.21. The van der Waals surface area contributed by atoms with Gasteiger partial charge in [0.2, 0.25) is 0 Å². The Morgan fingerprint density at radius 1 is 1.29 bits per heavy atom. The fourth-order valence-corrected chi connectivity index (χ4v) is 2.96. The Morgan fingerprint density at radius 3 is 2.53 bits per heavy atom. The summed E-state index contributed by atoms with van der Waals surface area (Å²) in [5.74, 6) is 0. The van der Waals surface area contributed by atoms with Crippen LogP contribution in [-0.4, -0.2) is 12.6 Å². The lowest BCUT2D eigenvalue weighted by molar-refractivity contribution is 0.619. The van der Waals surface area contributed by atoms with Crippen molar-refractivity contribution in [2.45, 2.75) is 52.1 Å². The minimum absolute atomic E-state index is 0.641. The van der Waals surface area contributed by atoms with E-state index in [4.69, 9.17) is 5.73 Å². The summed E-state index contributed by atoms with van der Waals surface area (Å²) in [7, 11) is 0. The van der Waals surface area contributed by atoms with Gasteiger partial charge in [-0.3, -0.25) is 0 Å². The third-order valence-electron chi connectivity index (χ3n) is 3.98. The molecule has 2 nitrogen and oxygen atoms in total. The monoisotopic (exact) mass is 232 g/mol. The van der Waals surface area contributed by atoms with Gasteiger partial charge >= 0.3 is 0 Å². The van der Waals surface area contributed by atoms with Gasteiger partial charge in [0.05, 0.1) is 0 Å². The highest BCUT2D eigenvalue weighted by Crippen LogP contribution is 2.29. The SMILES string of the molecule is CCN(c1ccc(CN)c(C)c1)C1CCCC1. The molecule has 2 heteroatoms. The molecular formula is C15H24N2. The lowest BCUT2D eigenvalue weighted by atomic mass is 10.1. The largest absolute Gasteiger partial charge is 0.369 e. The van der Waals surface area contributed by atoms with Crippen LogP contribution in [0.2, 0.25) is 0 Å². The summed E-state index contributed by atoms with van der Waals surface area (Å²) in [6.45, 7) is 6.16. The summed E-state index contributed by atoms with van der Waals surface area (Å²) in [4.78, 5) is 2.56. The van der Waals surface area contributed by atoms with Crippen molar-refractivity contribution in [3.63, 3.8) is 0 Å². The molecule has 1 aliphatic rings. The Kier molecular flexibility index (Phi) is 4.06. The van der Waals surface area contributed by atoms with Crippen LogP contribution in [0.15, 0.2) is 18.2 Å². The molecule has 0 unspecified atom stereocenters. The van der Waals surface area contributed by atoms with Crippen molar-refractivity contribution < 1.29 is 0 Å². The molecule has 0 saturated heterocycles.